The van der Waals surface area contributed by atoms with Gasteiger partial charge in [-0.1, -0.05) is 38.5 Å². The highest BCUT2D eigenvalue weighted by molar-refractivity contribution is 6.04. The number of nitrogens with one attached hydrogen (secondary N) is 1. The summed E-state index contributed by atoms with van der Waals surface area (Å²) in [4.78, 5) is 38.6. The first kappa shape index (κ1) is 19.9. The fourth-order valence-electron chi connectivity index (χ4n) is 3.00. The largest absolute Gasteiger partial charge is 0.464 e. The molecule has 2 rings (SSSR count). The summed E-state index contributed by atoms with van der Waals surface area (Å²) in [6.45, 7) is 5.59. The summed E-state index contributed by atoms with van der Waals surface area (Å²) < 4.78 is 5.11. The molecule has 2 amide bonds. The van der Waals surface area contributed by atoms with Crippen LogP contribution in [0.25, 0.3) is 0 Å². The fourth-order valence-corrected chi connectivity index (χ4v) is 3.00. The fraction of sp³-hybridized carbons (Fsp3) is 0.526. The molecule has 0 spiro atoms. The van der Waals surface area contributed by atoms with E-state index in [-0.39, 0.29) is 30.9 Å². The maximum atomic E-state index is 12.8. The molecule has 1 aliphatic heterocycles. The highest BCUT2D eigenvalue weighted by Gasteiger charge is 2.39. The van der Waals surface area contributed by atoms with Gasteiger partial charge >= 0.3 is 5.97 Å². The van der Waals surface area contributed by atoms with Crippen LogP contribution < -0.4 is 16.0 Å². The van der Waals surface area contributed by atoms with Crippen molar-refractivity contribution in [2.45, 2.75) is 45.7 Å². The highest BCUT2D eigenvalue weighted by Crippen LogP contribution is 2.32. The van der Waals surface area contributed by atoms with E-state index in [2.05, 4.69) is 5.32 Å². The van der Waals surface area contributed by atoms with Gasteiger partial charge in [-0.25, -0.2) is 4.79 Å². The first-order chi connectivity index (χ1) is 12.4. The third-order valence-electron chi connectivity index (χ3n) is 4.78. The second-order valence-electron chi connectivity index (χ2n) is 6.49. The van der Waals surface area contributed by atoms with Crippen LogP contribution in [0.15, 0.2) is 24.3 Å². The Morgan fingerprint density at radius 3 is 2.65 bits per heavy atom. The molecule has 1 unspecified atom stereocenters. The van der Waals surface area contributed by atoms with Gasteiger partial charge in [0.25, 0.3) is 0 Å². The van der Waals surface area contributed by atoms with Crippen LogP contribution >= 0.6 is 0 Å². The van der Waals surface area contributed by atoms with Gasteiger partial charge in [0.1, 0.15) is 6.04 Å². The van der Waals surface area contributed by atoms with Gasteiger partial charge in [0.15, 0.2) is 0 Å². The average molecular weight is 361 g/mol. The van der Waals surface area contributed by atoms with Crippen molar-refractivity contribution >= 4 is 23.5 Å². The maximum Gasteiger partial charge on any atom is 0.329 e. The molecule has 7 nitrogen and oxygen atoms in total. The quantitative estimate of drug-likeness (QED) is 0.706. The monoisotopic (exact) mass is 361 g/mol. The van der Waals surface area contributed by atoms with Crippen LogP contribution in [0, 0.1) is 5.92 Å². The van der Waals surface area contributed by atoms with Crippen molar-refractivity contribution in [2.24, 2.45) is 11.7 Å². The van der Waals surface area contributed by atoms with Crippen molar-refractivity contribution in [3.8, 4) is 0 Å². The molecule has 1 aliphatic rings. The van der Waals surface area contributed by atoms with Crippen molar-refractivity contribution in [2.75, 3.05) is 18.1 Å². The van der Waals surface area contributed by atoms with Gasteiger partial charge in [-0.05, 0) is 24.5 Å². The van der Waals surface area contributed by atoms with Crippen molar-refractivity contribution in [3.63, 3.8) is 0 Å². The zero-order chi connectivity index (χ0) is 19.3. The molecule has 0 saturated carbocycles. The van der Waals surface area contributed by atoms with E-state index in [1.807, 2.05) is 32.0 Å². The number of esters is 1. The first-order valence-corrected chi connectivity index (χ1v) is 9.00. The number of hydrogen-bond acceptors (Lipinski definition) is 5. The van der Waals surface area contributed by atoms with Crippen LogP contribution in [0.4, 0.5) is 5.69 Å². The van der Waals surface area contributed by atoms with Crippen molar-refractivity contribution in [1.29, 1.82) is 0 Å². The molecule has 0 bridgehead atoms. The van der Waals surface area contributed by atoms with E-state index in [1.165, 1.54) is 4.90 Å². The van der Waals surface area contributed by atoms with Crippen LogP contribution in [-0.4, -0.2) is 43.0 Å². The molecule has 0 fully saturated rings. The SMILES string of the molecule is CCOC(=O)C1Cc2ccccc2N1C(=O)CNC(=O)[C@@H](N)[C@@H](C)CC. The van der Waals surface area contributed by atoms with Gasteiger partial charge in [-0.15, -0.1) is 0 Å². The number of amides is 2. The Labute approximate surface area is 153 Å². The lowest BCUT2D eigenvalue weighted by Gasteiger charge is -2.25. The number of nitrogens with zero attached hydrogens (tertiary/aromatic N) is 1. The Balaban J connectivity index is 2.11. The summed E-state index contributed by atoms with van der Waals surface area (Å²) in [5.41, 5.74) is 7.47. The number of benzene rings is 1. The van der Waals surface area contributed by atoms with Crippen LogP contribution in [0.5, 0.6) is 0 Å². The maximum absolute atomic E-state index is 12.8. The molecule has 0 saturated heterocycles. The standard InChI is InChI=1S/C19H27N3O4/c1-4-12(3)17(20)18(24)21-11-16(23)22-14-9-7-6-8-13(14)10-15(22)19(25)26-5-2/h6-9,12,15,17H,4-5,10-11,20H2,1-3H3,(H,21,24)/t12-,15?,17-/m0/s1. The number of ether oxygens (including phenoxy) is 1. The number of fused-ring (bicyclic) bond motifs is 1. The Morgan fingerprint density at radius 2 is 2.00 bits per heavy atom. The Morgan fingerprint density at radius 1 is 1.31 bits per heavy atom. The smallest absolute Gasteiger partial charge is 0.329 e. The van der Waals surface area contributed by atoms with Gasteiger partial charge in [0.05, 0.1) is 19.2 Å². The lowest BCUT2D eigenvalue weighted by atomic mass is 9.99. The lowest BCUT2D eigenvalue weighted by Crippen LogP contribution is -2.51. The number of carbonyl (C=O) groups is 3. The van der Waals surface area contributed by atoms with Crippen molar-refractivity contribution in [1.82, 2.24) is 5.32 Å². The number of rotatable bonds is 7. The van der Waals surface area contributed by atoms with E-state index in [9.17, 15) is 14.4 Å². The molecule has 3 N–H and O–H groups in total. The number of anilines is 1. The van der Waals surface area contributed by atoms with Crippen molar-refractivity contribution < 1.29 is 19.1 Å². The molecule has 0 radical (unpaired) electrons. The van der Waals surface area contributed by atoms with E-state index < -0.39 is 18.1 Å². The normalized spacial score (nSPS) is 18.0. The molecule has 0 aliphatic carbocycles. The summed E-state index contributed by atoms with van der Waals surface area (Å²) in [7, 11) is 0. The molecule has 1 aromatic carbocycles. The predicted molar refractivity (Wildman–Crippen MR) is 98.5 cm³/mol. The highest BCUT2D eigenvalue weighted by atomic mass is 16.5. The number of carbonyl (C=O) groups excluding carboxylic acids is 3. The molecular formula is C19H27N3O4. The predicted octanol–water partition coefficient (Wildman–Crippen LogP) is 0.997. The van der Waals surface area contributed by atoms with E-state index in [4.69, 9.17) is 10.5 Å². The molecule has 142 valence electrons. The van der Waals surface area contributed by atoms with E-state index in [0.717, 1.165) is 12.0 Å². The molecule has 7 heteroatoms. The molecule has 3 atom stereocenters. The summed E-state index contributed by atoms with van der Waals surface area (Å²) in [5.74, 6) is -1.16. The van der Waals surface area contributed by atoms with Crippen LogP contribution in [0.3, 0.4) is 0 Å². The van der Waals surface area contributed by atoms with Crippen LogP contribution in [0.1, 0.15) is 32.8 Å². The third-order valence-corrected chi connectivity index (χ3v) is 4.78. The van der Waals surface area contributed by atoms with Gasteiger partial charge in [0.2, 0.25) is 11.8 Å². The average Bonchev–Trinajstić information content (AvgIpc) is 3.04. The van der Waals surface area contributed by atoms with Crippen LogP contribution in [0.2, 0.25) is 0 Å². The third kappa shape index (κ3) is 4.22. The van der Waals surface area contributed by atoms with Gasteiger partial charge in [0, 0.05) is 12.1 Å². The van der Waals surface area contributed by atoms with E-state index in [1.54, 1.807) is 13.0 Å². The molecule has 1 heterocycles. The zero-order valence-corrected chi connectivity index (χ0v) is 15.5. The van der Waals surface area contributed by atoms with E-state index in [0.29, 0.717) is 12.1 Å². The summed E-state index contributed by atoms with van der Waals surface area (Å²) in [6.07, 6.45) is 1.17. The Kier molecular flexibility index (Phi) is 6.74. The summed E-state index contributed by atoms with van der Waals surface area (Å²) in [6, 6.07) is 5.97. The minimum atomic E-state index is -0.708. The summed E-state index contributed by atoms with van der Waals surface area (Å²) in [5, 5.41) is 2.59. The number of nitrogens with two attached hydrogens (primary N) is 1. The minimum Gasteiger partial charge on any atom is -0.464 e. The van der Waals surface area contributed by atoms with Gasteiger partial charge in [-0.3, -0.25) is 14.5 Å². The molecule has 26 heavy (non-hydrogen) atoms. The second-order valence-corrected chi connectivity index (χ2v) is 6.49. The van der Waals surface area contributed by atoms with Gasteiger partial charge < -0.3 is 15.8 Å². The topological polar surface area (TPSA) is 102 Å². The number of para-hydroxylation sites is 1. The Bertz CT molecular complexity index is 677. The molecule has 1 aromatic rings. The first-order valence-electron chi connectivity index (χ1n) is 9.00. The minimum absolute atomic E-state index is 0.0184. The lowest BCUT2D eigenvalue weighted by molar-refractivity contribution is -0.145. The zero-order valence-electron chi connectivity index (χ0n) is 15.5. The second kappa shape index (κ2) is 8.80. The molecule has 0 aromatic heterocycles. The van der Waals surface area contributed by atoms with Gasteiger partial charge in [-0.2, -0.15) is 0 Å². The van der Waals surface area contributed by atoms with Crippen LogP contribution in [-0.2, 0) is 25.5 Å². The van der Waals surface area contributed by atoms with Crippen molar-refractivity contribution in [3.05, 3.63) is 29.8 Å². The Hall–Kier alpha value is -2.41. The molecular weight excluding hydrogens is 334 g/mol. The number of hydrogen-bond donors (Lipinski definition) is 2. The van der Waals surface area contributed by atoms with E-state index >= 15 is 0 Å². The summed E-state index contributed by atoms with van der Waals surface area (Å²) >= 11 is 0.